The van der Waals surface area contributed by atoms with Crippen molar-refractivity contribution in [1.82, 2.24) is 20.1 Å². The van der Waals surface area contributed by atoms with Gasteiger partial charge in [-0.3, -0.25) is 9.97 Å². The van der Waals surface area contributed by atoms with Crippen LogP contribution < -0.4 is 0 Å². The maximum absolute atomic E-state index is 9.35. The summed E-state index contributed by atoms with van der Waals surface area (Å²) in [5.74, 6) is 0.632. The molecule has 19 heavy (non-hydrogen) atoms. The predicted molar refractivity (Wildman–Crippen MR) is 67.4 cm³/mol. The van der Waals surface area contributed by atoms with E-state index >= 15 is 0 Å². The van der Waals surface area contributed by atoms with E-state index in [0.717, 1.165) is 0 Å². The van der Waals surface area contributed by atoms with E-state index in [9.17, 15) is 5.11 Å². The van der Waals surface area contributed by atoms with Gasteiger partial charge in [0.2, 0.25) is 5.82 Å². The second-order valence-electron chi connectivity index (χ2n) is 3.72. The summed E-state index contributed by atoms with van der Waals surface area (Å²) in [5.41, 5.74) is 1.08. The van der Waals surface area contributed by atoms with Gasteiger partial charge in [0.1, 0.15) is 11.4 Å². The predicted octanol–water partition coefficient (Wildman–Crippen LogP) is 2.55. The first-order chi connectivity index (χ1) is 9.22. The van der Waals surface area contributed by atoms with E-state index in [4.69, 9.17) is 16.1 Å². The first kappa shape index (κ1) is 11.6. The van der Waals surface area contributed by atoms with Gasteiger partial charge in [0.25, 0.3) is 5.89 Å². The summed E-state index contributed by atoms with van der Waals surface area (Å²) < 4.78 is 5.11. The highest BCUT2D eigenvalue weighted by atomic mass is 35.5. The summed E-state index contributed by atoms with van der Waals surface area (Å²) in [5, 5.41) is 13.7. The van der Waals surface area contributed by atoms with Gasteiger partial charge in [-0.2, -0.15) is 4.98 Å². The molecule has 0 aliphatic heterocycles. The Hall–Kier alpha value is -2.47. The zero-order chi connectivity index (χ0) is 13.2. The fraction of sp³-hybridized carbons (Fsp3) is 0. The lowest BCUT2D eigenvalue weighted by atomic mass is 10.3. The minimum Gasteiger partial charge on any atom is -0.506 e. The quantitative estimate of drug-likeness (QED) is 0.773. The first-order valence-electron chi connectivity index (χ1n) is 5.32. The Kier molecular flexibility index (Phi) is 2.85. The molecule has 3 aromatic heterocycles. The zero-order valence-corrected chi connectivity index (χ0v) is 10.2. The highest BCUT2D eigenvalue weighted by molar-refractivity contribution is 6.30. The van der Waals surface area contributed by atoms with Gasteiger partial charge in [0, 0.05) is 12.4 Å². The van der Waals surface area contributed by atoms with E-state index in [2.05, 4.69) is 20.1 Å². The van der Waals surface area contributed by atoms with Gasteiger partial charge in [0.05, 0.1) is 16.8 Å². The molecule has 0 radical (unpaired) electrons. The lowest BCUT2D eigenvalue weighted by Gasteiger charge is -1.94. The second-order valence-corrected chi connectivity index (χ2v) is 4.15. The molecule has 0 aliphatic rings. The molecule has 6 nitrogen and oxygen atoms in total. The van der Waals surface area contributed by atoms with Gasteiger partial charge >= 0.3 is 0 Å². The molecule has 0 fully saturated rings. The minimum absolute atomic E-state index is 0.0295. The maximum atomic E-state index is 9.35. The van der Waals surface area contributed by atoms with Crippen molar-refractivity contribution in [1.29, 1.82) is 0 Å². The van der Waals surface area contributed by atoms with Crippen LogP contribution in [0.2, 0.25) is 5.02 Å². The molecule has 7 heteroatoms. The van der Waals surface area contributed by atoms with Crippen LogP contribution in [-0.2, 0) is 0 Å². The molecule has 0 bridgehead atoms. The van der Waals surface area contributed by atoms with Gasteiger partial charge in [-0.05, 0) is 18.2 Å². The summed E-state index contributed by atoms with van der Waals surface area (Å²) >= 11 is 5.75. The molecule has 0 saturated heterocycles. The second kappa shape index (κ2) is 4.66. The van der Waals surface area contributed by atoms with Crippen LogP contribution in [0.4, 0.5) is 0 Å². The van der Waals surface area contributed by atoms with Gasteiger partial charge in [-0.1, -0.05) is 16.8 Å². The molecule has 0 aromatic carbocycles. The van der Waals surface area contributed by atoms with E-state index in [1.165, 1.54) is 24.7 Å². The fourth-order valence-electron chi connectivity index (χ4n) is 1.50. The number of hydrogen-bond donors (Lipinski definition) is 1. The Balaban J connectivity index is 1.97. The van der Waals surface area contributed by atoms with E-state index in [0.29, 0.717) is 22.1 Å². The standard InChI is InChI=1S/C12H7ClN4O2/c13-8-1-2-10(15-5-8)11-16-12(19-17-11)7-3-9(18)6-14-4-7/h1-6,18H. The van der Waals surface area contributed by atoms with Crippen molar-refractivity contribution < 1.29 is 9.63 Å². The normalized spacial score (nSPS) is 10.6. The lowest BCUT2D eigenvalue weighted by Crippen LogP contribution is -1.85. The lowest BCUT2D eigenvalue weighted by molar-refractivity contribution is 0.431. The van der Waals surface area contributed by atoms with Crippen LogP contribution >= 0.6 is 11.6 Å². The highest BCUT2D eigenvalue weighted by Crippen LogP contribution is 2.23. The molecule has 1 N–H and O–H groups in total. The van der Waals surface area contributed by atoms with Crippen molar-refractivity contribution in [2.24, 2.45) is 0 Å². The molecule has 0 unspecified atom stereocenters. The Morgan fingerprint density at radius 3 is 2.79 bits per heavy atom. The largest absolute Gasteiger partial charge is 0.506 e. The van der Waals surface area contributed by atoms with Crippen molar-refractivity contribution in [3.8, 4) is 28.7 Å². The van der Waals surface area contributed by atoms with Crippen molar-refractivity contribution >= 4 is 11.6 Å². The third kappa shape index (κ3) is 2.38. The summed E-state index contributed by atoms with van der Waals surface area (Å²) in [7, 11) is 0. The van der Waals surface area contributed by atoms with Crippen LogP contribution in [0.25, 0.3) is 23.0 Å². The van der Waals surface area contributed by atoms with Crippen LogP contribution in [-0.4, -0.2) is 25.2 Å². The van der Waals surface area contributed by atoms with E-state index < -0.39 is 0 Å². The molecular weight excluding hydrogens is 268 g/mol. The molecule has 0 spiro atoms. The van der Waals surface area contributed by atoms with Crippen molar-refractivity contribution in [3.63, 3.8) is 0 Å². The average molecular weight is 275 g/mol. The van der Waals surface area contributed by atoms with E-state index in [-0.39, 0.29) is 11.6 Å². The molecule has 0 aliphatic carbocycles. The molecule has 3 rings (SSSR count). The first-order valence-corrected chi connectivity index (χ1v) is 5.70. The summed E-state index contributed by atoms with van der Waals surface area (Å²) in [6.45, 7) is 0. The average Bonchev–Trinajstić information content (AvgIpc) is 2.89. The summed E-state index contributed by atoms with van der Waals surface area (Å²) in [6, 6.07) is 4.87. The Labute approximate surface area is 112 Å². The van der Waals surface area contributed by atoms with Crippen LogP contribution in [0.1, 0.15) is 0 Å². The third-order valence-electron chi connectivity index (χ3n) is 2.35. The molecular formula is C12H7ClN4O2. The van der Waals surface area contributed by atoms with Gasteiger partial charge < -0.3 is 9.63 Å². The fourth-order valence-corrected chi connectivity index (χ4v) is 1.61. The Bertz CT molecular complexity index is 712. The van der Waals surface area contributed by atoms with Crippen LogP contribution in [0.3, 0.4) is 0 Å². The molecule has 94 valence electrons. The third-order valence-corrected chi connectivity index (χ3v) is 2.58. The monoisotopic (exact) mass is 274 g/mol. The van der Waals surface area contributed by atoms with Gasteiger partial charge in [0.15, 0.2) is 0 Å². The minimum atomic E-state index is 0.0295. The molecule has 3 aromatic rings. The molecule has 0 atom stereocenters. The van der Waals surface area contributed by atoms with Gasteiger partial charge in [-0.25, -0.2) is 0 Å². The number of hydrogen-bond acceptors (Lipinski definition) is 6. The molecule has 0 saturated carbocycles. The van der Waals surface area contributed by atoms with Gasteiger partial charge in [-0.15, -0.1) is 0 Å². The number of rotatable bonds is 2. The van der Waals surface area contributed by atoms with Crippen LogP contribution in [0, 0.1) is 0 Å². The highest BCUT2D eigenvalue weighted by Gasteiger charge is 2.12. The van der Waals surface area contributed by atoms with E-state index in [1.54, 1.807) is 12.1 Å². The van der Waals surface area contributed by atoms with E-state index in [1.807, 2.05) is 0 Å². The van der Waals surface area contributed by atoms with Crippen molar-refractivity contribution in [2.75, 3.05) is 0 Å². The zero-order valence-electron chi connectivity index (χ0n) is 9.49. The molecule has 3 heterocycles. The topological polar surface area (TPSA) is 84.9 Å². The van der Waals surface area contributed by atoms with Crippen LogP contribution in [0.15, 0.2) is 41.3 Å². The number of pyridine rings is 2. The number of aromatic hydroxyl groups is 1. The summed E-state index contributed by atoms with van der Waals surface area (Å²) in [6.07, 6.45) is 4.34. The maximum Gasteiger partial charge on any atom is 0.259 e. The SMILES string of the molecule is Oc1cncc(-c2nc(-c3ccc(Cl)cn3)no2)c1. The van der Waals surface area contributed by atoms with Crippen LogP contribution in [0.5, 0.6) is 5.75 Å². The Morgan fingerprint density at radius 1 is 1.16 bits per heavy atom. The number of aromatic nitrogens is 4. The number of halogens is 1. The summed E-state index contributed by atoms with van der Waals surface area (Å²) in [4.78, 5) is 12.1. The van der Waals surface area contributed by atoms with Crippen molar-refractivity contribution in [2.45, 2.75) is 0 Å². The molecule has 0 amide bonds. The van der Waals surface area contributed by atoms with Crippen molar-refractivity contribution in [3.05, 3.63) is 41.8 Å². The number of nitrogens with zero attached hydrogens (tertiary/aromatic N) is 4. The Morgan fingerprint density at radius 2 is 2.05 bits per heavy atom. The smallest absolute Gasteiger partial charge is 0.259 e.